The minimum absolute atomic E-state index is 0.370. The van der Waals surface area contributed by atoms with Crippen molar-refractivity contribution in [2.24, 2.45) is 5.10 Å². The first-order valence-electron chi connectivity index (χ1n) is 6.45. The van der Waals surface area contributed by atoms with Crippen LogP contribution in [0.2, 0.25) is 0 Å². The van der Waals surface area contributed by atoms with Crippen LogP contribution < -0.4 is 10.2 Å². The van der Waals surface area contributed by atoms with E-state index in [1.54, 1.807) is 24.3 Å². The number of hydrogen-bond acceptors (Lipinski definition) is 4. The van der Waals surface area contributed by atoms with Crippen LogP contribution in [0.4, 0.5) is 13.2 Å². The largest absolute Gasteiger partial charge is 0.497 e. The smallest absolute Gasteiger partial charge is 0.435 e. The van der Waals surface area contributed by atoms with Gasteiger partial charge in [0.1, 0.15) is 12.3 Å². The van der Waals surface area contributed by atoms with Gasteiger partial charge in [0.2, 0.25) is 0 Å². The normalized spacial score (nSPS) is 11.7. The summed E-state index contributed by atoms with van der Waals surface area (Å²) in [5, 5.41) is 7.00. The summed E-state index contributed by atoms with van der Waals surface area (Å²) < 4.78 is 43.1. The highest BCUT2D eigenvalue weighted by molar-refractivity contribution is 5.82. The number of hydrogen-bond donors (Lipinski definition) is 1. The van der Waals surface area contributed by atoms with E-state index in [1.165, 1.54) is 13.3 Å². The number of amides is 1. The van der Waals surface area contributed by atoms with Crippen LogP contribution in [-0.4, -0.2) is 29.0 Å². The summed E-state index contributed by atoms with van der Waals surface area (Å²) in [7, 11) is 1.53. The molecule has 1 N–H and O–H groups in total. The van der Waals surface area contributed by atoms with E-state index in [1.807, 2.05) is 0 Å². The topological polar surface area (TPSA) is 68.5 Å². The summed E-state index contributed by atoms with van der Waals surface area (Å²) in [5.74, 6) is 0.0393. The predicted octanol–water partition coefficient (Wildman–Crippen LogP) is 2.06. The monoisotopic (exact) mass is 326 g/mol. The maximum absolute atomic E-state index is 12.4. The molecule has 0 unspecified atom stereocenters. The molecule has 0 aliphatic heterocycles. The molecule has 0 atom stereocenters. The standard InChI is InChI=1S/C14H13F3N4O2/c1-23-11-4-2-3-10(7-11)8-18-19-13(22)9-21-6-5-12(20-21)14(15,16)17/h2-8H,9H2,1H3,(H,19,22)/b18-8-. The Morgan fingerprint density at radius 1 is 1.43 bits per heavy atom. The summed E-state index contributed by atoms with van der Waals surface area (Å²) in [6, 6.07) is 7.77. The van der Waals surface area contributed by atoms with Crippen LogP contribution in [0.15, 0.2) is 41.6 Å². The van der Waals surface area contributed by atoms with Crippen LogP contribution in [0.1, 0.15) is 11.3 Å². The molecule has 1 aromatic heterocycles. The highest BCUT2D eigenvalue weighted by Crippen LogP contribution is 2.27. The second-order valence-electron chi connectivity index (χ2n) is 4.47. The molecule has 2 rings (SSSR count). The Bertz CT molecular complexity index is 710. The number of rotatable bonds is 5. The van der Waals surface area contributed by atoms with Crippen molar-refractivity contribution >= 4 is 12.1 Å². The van der Waals surface area contributed by atoms with Gasteiger partial charge in [-0.25, -0.2) is 5.43 Å². The molecule has 0 spiro atoms. The molecular formula is C14H13F3N4O2. The highest BCUT2D eigenvalue weighted by atomic mass is 19.4. The maximum atomic E-state index is 12.4. The number of carbonyl (C=O) groups excluding carboxylic acids is 1. The molecule has 2 aromatic rings. The zero-order valence-electron chi connectivity index (χ0n) is 12.0. The van der Waals surface area contributed by atoms with Crippen molar-refractivity contribution in [1.82, 2.24) is 15.2 Å². The van der Waals surface area contributed by atoms with Crippen molar-refractivity contribution in [2.75, 3.05) is 7.11 Å². The van der Waals surface area contributed by atoms with Crippen LogP contribution in [0.3, 0.4) is 0 Å². The van der Waals surface area contributed by atoms with Crippen molar-refractivity contribution in [1.29, 1.82) is 0 Å². The molecule has 1 aromatic carbocycles. The first-order chi connectivity index (χ1) is 10.9. The number of ether oxygens (including phenoxy) is 1. The summed E-state index contributed by atoms with van der Waals surface area (Å²) in [5.41, 5.74) is 1.86. The number of halogens is 3. The van der Waals surface area contributed by atoms with Gasteiger partial charge in [-0.2, -0.15) is 23.4 Å². The Balaban J connectivity index is 1.89. The first kappa shape index (κ1) is 16.5. The number of carbonyl (C=O) groups is 1. The average Bonchev–Trinajstić information content (AvgIpc) is 2.96. The van der Waals surface area contributed by atoms with E-state index >= 15 is 0 Å². The minimum atomic E-state index is -4.54. The summed E-state index contributed by atoms with van der Waals surface area (Å²) >= 11 is 0. The van der Waals surface area contributed by atoms with Crippen molar-refractivity contribution in [3.05, 3.63) is 47.8 Å². The number of benzene rings is 1. The van der Waals surface area contributed by atoms with E-state index in [9.17, 15) is 18.0 Å². The number of methoxy groups -OCH3 is 1. The molecule has 0 aliphatic carbocycles. The average molecular weight is 326 g/mol. The summed E-state index contributed by atoms with van der Waals surface area (Å²) in [4.78, 5) is 11.6. The van der Waals surface area contributed by atoms with E-state index in [4.69, 9.17) is 4.74 Å². The third kappa shape index (κ3) is 4.83. The van der Waals surface area contributed by atoms with Crippen molar-refractivity contribution in [3.8, 4) is 5.75 Å². The van der Waals surface area contributed by atoms with E-state index in [0.717, 1.165) is 16.9 Å². The van der Waals surface area contributed by atoms with Crippen LogP contribution in [0, 0.1) is 0 Å². The molecular weight excluding hydrogens is 313 g/mol. The van der Waals surface area contributed by atoms with Gasteiger partial charge in [0.25, 0.3) is 5.91 Å². The Labute approximate surface area is 129 Å². The lowest BCUT2D eigenvalue weighted by Gasteiger charge is -2.02. The molecule has 0 saturated carbocycles. The predicted molar refractivity (Wildman–Crippen MR) is 76.0 cm³/mol. The Morgan fingerprint density at radius 3 is 2.87 bits per heavy atom. The molecule has 9 heteroatoms. The van der Waals surface area contributed by atoms with Crippen LogP contribution >= 0.6 is 0 Å². The molecule has 6 nitrogen and oxygen atoms in total. The molecule has 0 saturated heterocycles. The van der Waals surface area contributed by atoms with Crippen LogP contribution in [0.5, 0.6) is 5.75 Å². The van der Waals surface area contributed by atoms with Crippen molar-refractivity contribution in [2.45, 2.75) is 12.7 Å². The number of aromatic nitrogens is 2. The first-order valence-corrected chi connectivity index (χ1v) is 6.45. The Kier molecular flexibility index (Phi) is 4.99. The van der Waals surface area contributed by atoms with Crippen molar-refractivity contribution < 1.29 is 22.7 Å². The van der Waals surface area contributed by atoms with Gasteiger partial charge in [0.15, 0.2) is 5.69 Å². The molecule has 0 radical (unpaired) electrons. The van der Waals surface area contributed by atoms with E-state index in [-0.39, 0.29) is 6.54 Å². The van der Waals surface area contributed by atoms with Gasteiger partial charge in [0.05, 0.1) is 13.3 Å². The molecule has 1 heterocycles. The lowest BCUT2D eigenvalue weighted by atomic mass is 10.2. The fourth-order valence-corrected chi connectivity index (χ4v) is 1.68. The van der Waals surface area contributed by atoms with Gasteiger partial charge in [-0.15, -0.1) is 0 Å². The maximum Gasteiger partial charge on any atom is 0.435 e. The van der Waals surface area contributed by atoms with Gasteiger partial charge in [-0.05, 0) is 23.8 Å². The third-order valence-corrected chi connectivity index (χ3v) is 2.73. The number of nitrogens with zero attached hydrogens (tertiary/aromatic N) is 3. The second-order valence-corrected chi connectivity index (χ2v) is 4.47. The van der Waals surface area contributed by atoms with Gasteiger partial charge in [-0.1, -0.05) is 12.1 Å². The quantitative estimate of drug-likeness (QED) is 0.675. The van der Waals surface area contributed by atoms with Gasteiger partial charge >= 0.3 is 6.18 Å². The minimum Gasteiger partial charge on any atom is -0.497 e. The second kappa shape index (κ2) is 6.95. The van der Waals surface area contributed by atoms with Gasteiger partial charge in [-0.3, -0.25) is 9.48 Å². The molecule has 0 fully saturated rings. The lowest BCUT2D eigenvalue weighted by molar-refractivity contribution is -0.141. The number of nitrogens with one attached hydrogen (secondary N) is 1. The Morgan fingerprint density at radius 2 is 2.22 bits per heavy atom. The molecule has 0 aliphatic rings. The lowest BCUT2D eigenvalue weighted by Crippen LogP contribution is -2.23. The number of hydrazone groups is 1. The van der Waals surface area contributed by atoms with Crippen LogP contribution in [-0.2, 0) is 17.5 Å². The number of alkyl halides is 3. The SMILES string of the molecule is COc1cccc(/C=N\NC(=O)Cn2ccc(C(F)(F)F)n2)c1. The summed E-state index contributed by atoms with van der Waals surface area (Å²) in [6.07, 6.45) is -2.06. The fourth-order valence-electron chi connectivity index (χ4n) is 1.68. The molecule has 1 amide bonds. The fraction of sp³-hybridized carbons (Fsp3) is 0.214. The molecule has 23 heavy (non-hydrogen) atoms. The molecule has 122 valence electrons. The third-order valence-electron chi connectivity index (χ3n) is 2.73. The zero-order valence-corrected chi connectivity index (χ0v) is 12.0. The van der Waals surface area contributed by atoms with Crippen molar-refractivity contribution in [3.63, 3.8) is 0 Å². The highest BCUT2D eigenvalue weighted by Gasteiger charge is 2.33. The Hall–Kier alpha value is -2.84. The zero-order chi connectivity index (χ0) is 16.9. The van der Waals surface area contributed by atoms with E-state index in [2.05, 4.69) is 15.6 Å². The van der Waals surface area contributed by atoms with E-state index < -0.39 is 17.8 Å². The summed E-state index contributed by atoms with van der Waals surface area (Å²) in [6.45, 7) is -0.370. The van der Waals surface area contributed by atoms with Crippen LogP contribution in [0.25, 0.3) is 0 Å². The molecule has 0 bridgehead atoms. The van der Waals surface area contributed by atoms with E-state index in [0.29, 0.717) is 11.3 Å². The van der Waals surface area contributed by atoms with Gasteiger partial charge < -0.3 is 4.74 Å². The van der Waals surface area contributed by atoms with Gasteiger partial charge in [0, 0.05) is 6.20 Å².